The topological polar surface area (TPSA) is 82.2 Å². The predicted octanol–water partition coefficient (Wildman–Crippen LogP) is 4.64. The lowest BCUT2D eigenvalue weighted by Gasteiger charge is -2.38. The number of rotatable bonds is 9. The minimum atomic E-state index is -0.802. The van der Waals surface area contributed by atoms with E-state index in [1.165, 1.54) is 4.90 Å². The van der Waals surface area contributed by atoms with E-state index in [4.69, 9.17) is 27.9 Å². The summed E-state index contributed by atoms with van der Waals surface area (Å²) >= 11 is 12.6. The molecule has 1 aromatic rings. The molecule has 1 N–H and O–H groups in total. The van der Waals surface area contributed by atoms with Crippen LogP contribution in [0.3, 0.4) is 0 Å². The summed E-state index contributed by atoms with van der Waals surface area (Å²) in [6, 6.07) is 3.80. The van der Waals surface area contributed by atoms with Gasteiger partial charge >= 0.3 is 12.0 Å². The van der Waals surface area contributed by atoms with E-state index in [0.717, 1.165) is 13.0 Å². The number of esters is 1. The summed E-state index contributed by atoms with van der Waals surface area (Å²) in [5.74, 6) is -0.0637. The molecule has 1 atom stereocenters. The number of amides is 3. The summed E-state index contributed by atoms with van der Waals surface area (Å²) in [7, 11) is 0. The zero-order chi connectivity index (χ0) is 27.1. The number of hydrogen-bond donors (Lipinski definition) is 1. The molecule has 1 saturated heterocycles. The van der Waals surface area contributed by atoms with Crippen molar-refractivity contribution in [1.29, 1.82) is 0 Å². The van der Waals surface area contributed by atoms with Gasteiger partial charge in [-0.05, 0) is 37.0 Å². The minimum absolute atomic E-state index is 0.158. The van der Waals surface area contributed by atoms with Crippen LogP contribution in [0.1, 0.15) is 45.2 Å². The number of carbonyl (C=O) groups excluding carboxylic acids is 3. The molecule has 0 spiro atoms. The SMILES string of the molecule is C=CCN1C(=O)N[C@@H](c2ccc(Cl)cc2Cl)C(C(=O)OCC)=C1CN1CCCN(C(=O)CC(C)C)CC1. The van der Waals surface area contributed by atoms with Crippen molar-refractivity contribution in [3.8, 4) is 0 Å². The third kappa shape index (κ3) is 7.27. The summed E-state index contributed by atoms with van der Waals surface area (Å²) in [6.45, 7) is 13.0. The third-order valence-electron chi connectivity index (χ3n) is 6.42. The maximum atomic E-state index is 13.4. The second-order valence-electron chi connectivity index (χ2n) is 9.64. The van der Waals surface area contributed by atoms with E-state index >= 15 is 0 Å². The Kier molecular flexibility index (Phi) is 10.4. The van der Waals surface area contributed by atoms with Crippen LogP contribution in [-0.2, 0) is 14.3 Å². The number of nitrogens with zero attached hydrogens (tertiary/aromatic N) is 3. The largest absolute Gasteiger partial charge is 0.463 e. The Morgan fingerprint density at radius 1 is 1.22 bits per heavy atom. The van der Waals surface area contributed by atoms with E-state index in [0.29, 0.717) is 65.4 Å². The van der Waals surface area contributed by atoms with Gasteiger partial charge in [-0.25, -0.2) is 9.59 Å². The molecule has 0 radical (unpaired) electrons. The third-order valence-corrected chi connectivity index (χ3v) is 6.98. The summed E-state index contributed by atoms with van der Waals surface area (Å²) in [4.78, 5) is 44.9. The van der Waals surface area contributed by atoms with Gasteiger partial charge in [-0.3, -0.25) is 14.6 Å². The van der Waals surface area contributed by atoms with E-state index < -0.39 is 12.0 Å². The average Bonchev–Trinajstić information content (AvgIpc) is 3.06. The Morgan fingerprint density at radius 3 is 2.62 bits per heavy atom. The van der Waals surface area contributed by atoms with Crippen LogP contribution in [0.4, 0.5) is 4.79 Å². The molecule has 8 nitrogen and oxygen atoms in total. The van der Waals surface area contributed by atoms with Crippen LogP contribution in [0.25, 0.3) is 0 Å². The summed E-state index contributed by atoms with van der Waals surface area (Å²) in [5.41, 5.74) is 1.42. The van der Waals surface area contributed by atoms with Gasteiger partial charge < -0.3 is 15.0 Å². The second-order valence-corrected chi connectivity index (χ2v) is 10.5. The second kappa shape index (κ2) is 13.3. The molecule has 2 heterocycles. The Morgan fingerprint density at radius 2 is 1.97 bits per heavy atom. The number of carbonyl (C=O) groups is 3. The monoisotopic (exact) mass is 550 g/mol. The Bertz CT molecular complexity index is 1060. The Balaban J connectivity index is 1.99. The van der Waals surface area contributed by atoms with E-state index in [2.05, 4.69) is 16.8 Å². The summed E-state index contributed by atoms with van der Waals surface area (Å²) in [6.07, 6.45) is 2.94. The number of hydrogen-bond acceptors (Lipinski definition) is 5. The molecule has 37 heavy (non-hydrogen) atoms. The fourth-order valence-corrected chi connectivity index (χ4v) is 5.20. The maximum Gasteiger partial charge on any atom is 0.338 e. The summed E-state index contributed by atoms with van der Waals surface area (Å²) in [5, 5.41) is 3.71. The molecule has 1 fully saturated rings. The smallest absolute Gasteiger partial charge is 0.338 e. The zero-order valence-electron chi connectivity index (χ0n) is 21.8. The average molecular weight is 552 g/mol. The quantitative estimate of drug-likeness (QED) is 0.357. The molecule has 3 rings (SSSR count). The number of ether oxygens (including phenoxy) is 1. The van der Waals surface area contributed by atoms with Crippen LogP contribution in [0.15, 0.2) is 42.1 Å². The first-order valence-electron chi connectivity index (χ1n) is 12.7. The fraction of sp³-hybridized carbons (Fsp3) is 0.519. The van der Waals surface area contributed by atoms with Gasteiger partial charge in [0.2, 0.25) is 5.91 Å². The number of benzene rings is 1. The van der Waals surface area contributed by atoms with Crippen LogP contribution in [-0.4, -0.2) is 78.5 Å². The molecule has 2 aliphatic rings. The number of halogens is 2. The highest BCUT2D eigenvalue weighted by atomic mass is 35.5. The van der Waals surface area contributed by atoms with Gasteiger partial charge in [0.1, 0.15) is 0 Å². The summed E-state index contributed by atoms with van der Waals surface area (Å²) < 4.78 is 5.45. The first-order valence-corrected chi connectivity index (χ1v) is 13.5. The molecular formula is C27H36Cl2N4O4. The first-order chi connectivity index (χ1) is 17.7. The van der Waals surface area contributed by atoms with E-state index in [-0.39, 0.29) is 25.1 Å². The van der Waals surface area contributed by atoms with E-state index in [9.17, 15) is 14.4 Å². The normalized spacial score (nSPS) is 19.1. The number of nitrogens with one attached hydrogen (secondary N) is 1. The van der Waals surface area contributed by atoms with E-state index in [1.807, 2.05) is 18.7 Å². The Hall–Kier alpha value is -2.55. The molecule has 202 valence electrons. The van der Waals surface area contributed by atoms with Crippen LogP contribution in [0.2, 0.25) is 10.0 Å². The van der Waals surface area contributed by atoms with Crippen LogP contribution < -0.4 is 5.32 Å². The van der Waals surface area contributed by atoms with Crippen molar-refractivity contribution in [2.45, 2.75) is 39.7 Å². The first kappa shape index (κ1) is 29.0. The van der Waals surface area contributed by atoms with Crippen LogP contribution in [0.5, 0.6) is 0 Å². The van der Waals surface area contributed by atoms with Gasteiger partial charge in [-0.2, -0.15) is 0 Å². The molecule has 1 aromatic carbocycles. The van der Waals surface area contributed by atoms with Crippen molar-refractivity contribution in [1.82, 2.24) is 20.0 Å². The lowest BCUT2D eigenvalue weighted by molar-refractivity contribution is -0.139. The molecule has 0 unspecified atom stereocenters. The zero-order valence-corrected chi connectivity index (χ0v) is 23.3. The maximum absolute atomic E-state index is 13.4. The highest BCUT2D eigenvalue weighted by Gasteiger charge is 2.39. The van der Waals surface area contributed by atoms with Crippen molar-refractivity contribution in [2.75, 3.05) is 45.9 Å². The van der Waals surface area contributed by atoms with Crippen molar-refractivity contribution in [3.05, 3.63) is 57.7 Å². The lowest BCUT2D eigenvalue weighted by Crippen LogP contribution is -2.51. The molecule has 10 heteroatoms. The van der Waals surface area contributed by atoms with Crippen LogP contribution >= 0.6 is 23.2 Å². The van der Waals surface area contributed by atoms with Gasteiger partial charge in [0.15, 0.2) is 0 Å². The lowest BCUT2D eigenvalue weighted by atomic mass is 9.94. The fourth-order valence-electron chi connectivity index (χ4n) is 4.68. The van der Waals surface area contributed by atoms with Gasteiger partial charge in [0, 0.05) is 61.4 Å². The molecule has 0 aromatic heterocycles. The number of urea groups is 1. The Labute approximate surface area is 229 Å². The highest BCUT2D eigenvalue weighted by molar-refractivity contribution is 6.35. The van der Waals surface area contributed by atoms with Crippen molar-refractivity contribution in [2.24, 2.45) is 5.92 Å². The van der Waals surface area contributed by atoms with Crippen molar-refractivity contribution < 1.29 is 19.1 Å². The molecule has 3 amide bonds. The van der Waals surface area contributed by atoms with Gasteiger partial charge in [0.05, 0.1) is 18.2 Å². The molecular weight excluding hydrogens is 515 g/mol. The van der Waals surface area contributed by atoms with E-state index in [1.54, 1.807) is 31.2 Å². The highest BCUT2D eigenvalue weighted by Crippen LogP contribution is 2.36. The van der Waals surface area contributed by atoms with Crippen molar-refractivity contribution in [3.63, 3.8) is 0 Å². The van der Waals surface area contributed by atoms with Gasteiger partial charge in [0.25, 0.3) is 0 Å². The van der Waals surface area contributed by atoms with Crippen LogP contribution in [0, 0.1) is 5.92 Å². The predicted molar refractivity (Wildman–Crippen MR) is 145 cm³/mol. The van der Waals surface area contributed by atoms with Gasteiger partial charge in [-0.1, -0.05) is 49.2 Å². The molecule has 0 aliphatic carbocycles. The van der Waals surface area contributed by atoms with Crippen molar-refractivity contribution >= 4 is 41.1 Å². The molecule has 0 bridgehead atoms. The minimum Gasteiger partial charge on any atom is -0.463 e. The molecule has 0 saturated carbocycles. The standard InChI is InChI=1S/C27H36Cl2N4O4/c1-5-10-33-22(17-31-11-7-12-32(14-13-31)23(34)15-18(3)4)24(26(35)37-6-2)25(30-27(33)36)20-9-8-19(28)16-21(20)29/h5,8-9,16,18,25H,1,6-7,10-15,17H2,2-4H3,(H,30,36)/t25-/m0/s1. The molecule has 2 aliphatic heterocycles. The van der Waals surface area contributed by atoms with Gasteiger partial charge in [-0.15, -0.1) is 6.58 Å².